The van der Waals surface area contributed by atoms with Crippen LogP contribution in [-0.4, -0.2) is 14.7 Å². The Labute approximate surface area is 93.3 Å². The van der Waals surface area contributed by atoms with Crippen LogP contribution in [0.4, 0.5) is 0 Å². The molecule has 0 aromatic heterocycles. The summed E-state index contributed by atoms with van der Waals surface area (Å²) < 4.78 is 21.9. The van der Waals surface area contributed by atoms with Crippen LogP contribution in [-0.2, 0) is 9.84 Å². The Kier molecular flexibility index (Phi) is 5.58. The molecule has 0 radical (unpaired) electrons. The Morgan fingerprint density at radius 2 is 1.33 bits per heavy atom. The minimum atomic E-state index is -3.02. The Morgan fingerprint density at radius 1 is 1.00 bits per heavy atom. The zero-order valence-electron chi connectivity index (χ0n) is 10.1. The molecule has 0 saturated heterocycles. The number of sulfone groups is 1. The Hall–Kier alpha value is -0.830. The van der Waals surface area contributed by atoms with E-state index in [9.17, 15) is 8.42 Å². The van der Waals surface area contributed by atoms with E-state index < -0.39 is 9.84 Å². The summed E-state index contributed by atoms with van der Waals surface area (Å²) in [5.74, 6) is 0.833. The molecular weight excluding hydrogens is 208 g/mol. The molecule has 3 heteroatoms. The van der Waals surface area contributed by atoms with Crippen LogP contribution >= 0.6 is 0 Å². The van der Waals surface area contributed by atoms with Gasteiger partial charge in [0.2, 0.25) is 0 Å². The van der Waals surface area contributed by atoms with Crippen LogP contribution in [0.1, 0.15) is 26.3 Å². The van der Waals surface area contributed by atoms with Crippen molar-refractivity contribution in [2.75, 3.05) is 6.26 Å². The first kappa shape index (κ1) is 14.2. The first-order chi connectivity index (χ1) is 6.73. The van der Waals surface area contributed by atoms with Gasteiger partial charge in [0, 0.05) is 6.26 Å². The summed E-state index contributed by atoms with van der Waals surface area (Å²) in [7, 11) is -3.02. The van der Waals surface area contributed by atoms with E-state index >= 15 is 0 Å². The van der Waals surface area contributed by atoms with Crippen molar-refractivity contribution in [2.24, 2.45) is 5.92 Å². The molecule has 0 bridgehead atoms. The molecule has 0 unspecified atom stereocenters. The van der Waals surface area contributed by atoms with E-state index in [1.807, 2.05) is 6.92 Å². The maximum atomic E-state index is 10.9. The lowest BCUT2D eigenvalue weighted by molar-refractivity contribution is 0.602. The van der Waals surface area contributed by atoms with E-state index in [1.54, 1.807) is 24.3 Å². The van der Waals surface area contributed by atoms with Gasteiger partial charge >= 0.3 is 0 Å². The van der Waals surface area contributed by atoms with Crippen LogP contribution in [0, 0.1) is 12.8 Å². The second-order valence-electron chi connectivity index (χ2n) is 4.32. The Bertz CT molecular complexity index is 372. The number of benzene rings is 1. The van der Waals surface area contributed by atoms with Crippen LogP contribution in [0.5, 0.6) is 0 Å². The van der Waals surface area contributed by atoms with Gasteiger partial charge in [-0.3, -0.25) is 0 Å². The zero-order chi connectivity index (χ0) is 12.1. The molecule has 0 fully saturated rings. The lowest BCUT2D eigenvalue weighted by atomic mass is 10.2. The highest BCUT2D eigenvalue weighted by Crippen LogP contribution is 2.08. The standard InChI is InChI=1S/C8H10O2S.C4H10/c1-7-3-5-8(6-4-7)11(2,9)10;1-4(2)3/h3-6H,1-2H3;4H,1-3H3. The van der Waals surface area contributed by atoms with Gasteiger partial charge in [-0.2, -0.15) is 0 Å². The van der Waals surface area contributed by atoms with Gasteiger partial charge in [0.1, 0.15) is 0 Å². The molecule has 0 N–H and O–H groups in total. The predicted octanol–water partition coefficient (Wildman–Crippen LogP) is 3.06. The van der Waals surface area contributed by atoms with Crippen LogP contribution in [0.15, 0.2) is 29.2 Å². The number of hydrogen-bond donors (Lipinski definition) is 0. The van der Waals surface area contributed by atoms with Crippen molar-refractivity contribution in [3.05, 3.63) is 29.8 Å². The molecule has 0 heterocycles. The highest BCUT2D eigenvalue weighted by Gasteiger charge is 2.04. The average Bonchev–Trinajstić information content (AvgIpc) is 2.01. The van der Waals surface area contributed by atoms with Crippen molar-refractivity contribution in [1.82, 2.24) is 0 Å². The van der Waals surface area contributed by atoms with Crippen LogP contribution < -0.4 is 0 Å². The quantitative estimate of drug-likeness (QED) is 0.740. The second kappa shape index (κ2) is 5.91. The van der Waals surface area contributed by atoms with Crippen LogP contribution in [0.25, 0.3) is 0 Å². The van der Waals surface area contributed by atoms with Gasteiger partial charge in [0.25, 0.3) is 0 Å². The van der Waals surface area contributed by atoms with E-state index in [2.05, 4.69) is 20.8 Å². The zero-order valence-corrected chi connectivity index (χ0v) is 10.9. The molecule has 0 atom stereocenters. The molecule has 15 heavy (non-hydrogen) atoms. The van der Waals surface area contributed by atoms with Crippen molar-refractivity contribution >= 4 is 9.84 Å². The van der Waals surface area contributed by atoms with Crippen molar-refractivity contribution in [3.63, 3.8) is 0 Å². The number of aryl methyl sites for hydroxylation is 1. The maximum absolute atomic E-state index is 10.9. The molecule has 86 valence electrons. The first-order valence-electron chi connectivity index (χ1n) is 5.00. The van der Waals surface area contributed by atoms with Crippen molar-refractivity contribution in [2.45, 2.75) is 32.6 Å². The molecule has 0 aliphatic heterocycles. The molecular formula is C12H20O2S. The van der Waals surface area contributed by atoms with Crippen molar-refractivity contribution < 1.29 is 8.42 Å². The van der Waals surface area contributed by atoms with E-state index in [0.717, 1.165) is 11.5 Å². The van der Waals surface area contributed by atoms with E-state index in [-0.39, 0.29) is 0 Å². The molecule has 2 nitrogen and oxygen atoms in total. The molecule has 1 aromatic rings. The summed E-state index contributed by atoms with van der Waals surface area (Å²) in [6, 6.07) is 6.81. The highest BCUT2D eigenvalue weighted by molar-refractivity contribution is 7.90. The molecule has 1 aromatic carbocycles. The minimum Gasteiger partial charge on any atom is -0.224 e. The first-order valence-corrected chi connectivity index (χ1v) is 6.89. The number of hydrogen-bond acceptors (Lipinski definition) is 2. The topological polar surface area (TPSA) is 34.1 Å². The third-order valence-corrected chi connectivity index (χ3v) is 2.58. The van der Waals surface area contributed by atoms with Gasteiger partial charge in [-0.25, -0.2) is 8.42 Å². The summed E-state index contributed by atoms with van der Waals surface area (Å²) in [6.07, 6.45) is 1.21. The summed E-state index contributed by atoms with van der Waals surface area (Å²) in [4.78, 5) is 0.378. The fourth-order valence-corrected chi connectivity index (χ4v) is 1.42. The van der Waals surface area contributed by atoms with Gasteiger partial charge in [0.15, 0.2) is 9.84 Å². The smallest absolute Gasteiger partial charge is 0.175 e. The highest BCUT2D eigenvalue weighted by atomic mass is 32.2. The van der Waals surface area contributed by atoms with E-state index in [0.29, 0.717) is 4.90 Å². The lowest BCUT2D eigenvalue weighted by Gasteiger charge is -1.96. The SMILES string of the molecule is CC(C)C.Cc1ccc(S(C)(=O)=O)cc1. The average molecular weight is 228 g/mol. The molecule has 0 saturated carbocycles. The van der Waals surface area contributed by atoms with Gasteiger partial charge < -0.3 is 0 Å². The largest absolute Gasteiger partial charge is 0.224 e. The molecule has 0 aliphatic carbocycles. The third-order valence-electron chi connectivity index (χ3n) is 1.45. The molecule has 1 rings (SSSR count). The van der Waals surface area contributed by atoms with Crippen LogP contribution in [0.3, 0.4) is 0 Å². The second-order valence-corrected chi connectivity index (χ2v) is 6.33. The molecule has 0 aliphatic rings. The maximum Gasteiger partial charge on any atom is 0.175 e. The van der Waals surface area contributed by atoms with E-state index in [1.165, 1.54) is 6.26 Å². The minimum absolute atomic E-state index is 0.378. The van der Waals surface area contributed by atoms with Gasteiger partial charge in [-0.05, 0) is 25.0 Å². The molecule has 0 spiro atoms. The third kappa shape index (κ3) is 7.14. The number of rotatable bonds is 1. The summed E-state index contributed by atoms with van der Waals surface area (Å²) >= 11 is 0. The fourth-order valence-electron chi connectivity index (χ4n) is 0.785. The van der Waals surface area contributed by atoms with Crippen molar-refractivity contribution in [1.29, 1.82) is 0 Å². The fraction of sp³-hybridized carbons (Fsp3) is 0.500. The van der Waals surface area contributed by atoms with E-state index in [4.69, 9.17) is 0 Å². The lowest BCUT2D eigenvalue weighted by Crippen LogP contribution is -1.95. The van der Waals surface area contributed by atoms with Gasteiger partial charge in [-0.1, -0.05) is 38.5 Å². The Morgan fingerprint density at radius 3 is 1.60 bits per heavy atom. The van der Waals surface area contributed by atoms with Crippen molar-refractivity contribution in [3.8, 4) is 0 Å². The Balaban J connectivity index is 0.000000423. The summed E-state index contributed by atoms with van der Waals surface area (Å²) in [5, 5.41) is 0. The van der Waals surface area contributed by atoms with Gasteiger partial charge in [-0.15, -0.1) is 0 Å². The predicted molar refractivity (Wildman–Crippen MR) is 64.8 cm³/mol. The summed E-state index contributed by atoms with van der Waals surface area (Å²) in [6.45, 7) is 8.42. The summed E-state index contributed by atoms with van der Waals surface area (Å²) in [5.41, 5.74) is 1.07. The van der Waals surface area contributed by atoms with Gasteiger partial charge in [0.05, 0.1) is 4.90 Å². The molecule has 0 amide bonds. The monoisotopic (exact) mass is 228 g/mol. The normalized spacial score (nSPS) is 10.8. The van der Waals surface area contributed by atoms with Crippen LogP contribution in [0.2, 0.25) is 0 Å².